The standard InChI is InChI=1S/C14H17ClN4OS/c1-2-4-16-12-9-10(8-11(15)19-12)14(20)18-5-3-13-17-6-7-21-13/h6-9H,2-5H2,1H3,(H,16,19)(H,18,20). The summed E-state index contributed by atoms with van der Waals surface area (Å²) in [6.45, 7) is 3.40. The largest absolute Gasteiger partial charge is 0.370 e. The van der Waals surface area contributed by atoms with Crippen molar-refractivity contribution in [2.45, 2.75) is 19.8 Å². The SMILES string of the molecule is CCCNc1cc(C(=O)NCCc2nccs2)cc(Cl)n1. The Labute approximate surface area is 132 Å². The summed E-state index contributed by atoms with van der Waals surface area (Å²) in [6, 6.07) is 3.28. The lowest BCUT2D eigenvalue weighted by Crippen LogP contribution is -2.25. The number of nitrogens with one attached hydrogen (secondary N) is 2. The maximum atomic E-state index is 12.1. The highest BCUT2D eigenvalue weighted by molar-refractivity contribution is 7.09. The number of carbonyl (C=O) groups excluding carboxylic acids is 1. The molecule has 0 radical (unpaired) electrons. The van der Waals surface area contributed by atoms with Gasteiger partial charge in [0, 0.05) is 36.7 Å². The number of carbonyl (C=O) groups is 1. The zero-order valence-corrected chi connectivity index (χ0v) is 13.3. The van der Waals surface area contributed by atoms with Crippen LogP contribution < -0.4 is 10.6 Å². The van der Waals surface area contributed by atoms with Gasteiger partial charge < -0.3 is 10.6 Å². The van der Waals surface area contributed by atoms with Crippen LogP contribution in [0.1, 0.15) is 28.7 Å². The number of amides is 1. The summed E-state index contributed by atoms with van der Waals surface area (Å²) in [6.07, 6.45) is 3.46. The van der Waals surface area contributed by atoms with Crippen LogP contribution in [0.4, 0.5) is 5.82 Å². The molecule has 0 unspecified atom stereocenters. The van der Waals surface area contributed by atoms with Gasteiger partial charge in [0.15, 0.2) is 0 Å². The molecular formula is C14H17ClN4OS. The van der Waals surface area contributed by atoms with Gasteiger partial charge in [-0.2, -0.15) is 0 Å². The van der Waals surface area contributed by atoms with Crippen molar-refractivity contribution in [1.82, 2.24) is 15.3 Å². The van der Waals surface area contributed by atoms with Gasteiger partial charge in [-0.25, -0.2) is 9.97 Å². The third-order valence-electron chi connectivity index (χ3n) is 2.72. The number of hydrogen-bond donors (Lipinski definition) is 2. The van der Waals surface area contributed by atoms with Crippen LogP contribution in [0, 0.1) is 0 Å². The molecule has 2 aromatic rings. The normalized spacial score (nSPS) is 10.4. The van der Waals surface area contributed by atoms with E-state index in [0.717, 1.165) is 24.4 Å². The molecule has 0 atom stereocenters. The fourth-order valence-corrected chi connectivity index (χ4v) is 2.56. The molecule has 0 spiro atoms. The predicted octanol–water partition coefficient (Wildman–Crippen LogP) is 2.99. The number of hydrogen-bond acceptors (Lipinski definition) is 5. The van der Waals surface area contributed by atoms with Crippen LogP contribution in [0.5, 0.6) is 0 Å². The van der Waals surface area contributed by atoms with Crippen molar-refractivity contribution in [3.63, 3.8) is 0 Å². The lowest BCUT2D eigenvalue weighted by molar-refractivity contribution is 0.0954. The minimum Gasteiger partial charge on any atom is -0.370 e. The van der Waals surface area contributed by atoms with E-state index in [-0.39, 0.29) is 5.91 Å². The van der Waals surface area contributed by atoms with E-state index in [9.17, 15) is 4.79 Å². The lowest BCUT2D eigenvalue weighted by Gasteiger charge is -2.08. The number of pyridine rings is 1. The molecule has 7 heteroatoms. The Bertz CT molecular complexity index is 589. The second-order valence-electron chi connectivity index (χ2n) is 4.42. The Kier molecular flexibility index (Phi) is 5.95. The van der Waals surface area contributed by atoms with Gasteiger partial charge in [0.1, 0.15) is 11.0 Å². The summed E-state index contributed by atoms with van der Waals surface area (Å²) in [5.41, 5.74) is 0.507. The van der Waals surface area contributed by atoms with E-state index in [1.54, 1.807) is 29.7 Å². The molecule has 2 heterocycles. The molecule has 2 rings (SSSR count). The first-order valence-corrected chi connectivity index (χ1v) is 8.03. The van der Waals surface area contributed by atoms with Crippen molar-refractivity contribution < 1.29 is 4.79 Å². The molecule has 0 aliphatic carbocycles. The van der Waals surface area contributed by atoms with Gasteiger partial charge in [-0.15, -0.1) is 11.3 Å². The van der Waals surface area contributed by atoms with Crippen LogP contribution in [0.2, 0.25) is 5.15 Å². The molecule has 2 N–H and O–H groups in total. The molecular weight excluding hydrogens is 308 g/mol. The summed E-state index contributed by atoms with van der Waals surface area (Å²) in [7, 11) is 0. The Balaban J connectivity index is 1.93. The van der Waals surface area contributed by atoms with E-state index < -0.39 is 0 Å². The fraction of sp³-hybridized carbons (Fsp3) is 0.357. The van der Waals surface area contributed by atoms with E-state index >= 15 is 0 Å². The van der Waals surface area contributed by atoms with Gasteiger partial charge in [0.2, 0.25) is 0 Å². The molecule has 0 aliphatic rings. The zero-order chi connectivity index (χ0) is 15.1. The van der Waals surface area contributed by atoms with Gasteiger partial charge in [-0.3, -0.25) is 4.79 Å². The van der Waals surface area contributed by atoms with E-state index in [1.807, 2.05) is 5.38 Å². The monoisotopic (exact) mass is 324 g/mol. The number of thiazole rings is 1. The molecule has 0 aromatic carbocycles. The Hall–Kier alpha value is -1.66. The van der Waals surface area contributed by atoms with Crippen LogP contribution >= 0.6 is 22.9 Å². The number of halogens is 1. The Morgan fingerprint density at radius 1 is 1.38 bits per heavy atom. The highest BCUT2D eigenvalue weighted by Crippen LogP contribution is 2.14. The predicted molar refractivity (Wildman–Crippen MR) is 86.2 cm³/mol. The fourth-order valence-electron chi connectivity index (χ4n) is 1.73. The first kappa shape index (κ1) is 15.7. The van der Waals surface area contributed by atoms with Gasteiger partial charge >= 0.3 is 0 Å². The highest BCUT2D eigenvalue weighted by atomic mass is 35.5. The summed E-state index contributed by atoms with van der Waals surface area (Å²) < 4.78 is 0. The topological polar surface area (TPSA) is 66.9 Å². The van der Waals surface area contributed by atoms with Crippen molar-refractivity contribution in [2.75, 3.05) is 18.4 Å². The molecule has 0 bridgehead atoms. The van der Waals surface area contributed by atoms with E-state index in [1.165, 1.54) is 0 Å². The average Bonchev–Trinajstić information content (AvgIpc) is 2.97. The van der Waals surface area contributed by atoms with E-state index in [2.05, 4.69) is 27.5 Å². The third-order valence-corrected chi connectivity index (χ3v) is 3.75. The number of aromatic nitrogens is 2. The molecule has 0 aliphatic heterocycles. The number of rotatable bonds is 7. The molecule has 5 nitrogen and oxygen atoms in total. The smallest absolute Gasteiger partial charge is 0.251 e. The molecule has 0 fully saturated rings. The highest BCUT2D eigenvalue weighted by Gasteiger charge is 2.09. The number of anilines is 1. The minimum absolute atomic E-state index is 0.157. The van der Waals surface area contributed by atoms with Crippen molar-refractivity contribution >= 4 is 34.7 Å². The molecule has 21 heavy (non-hydrogen) atoms. The van der Waals surface area contributed by atoms with Gasteiger partial charge in [0.25, 0.3) is 5.91 Å². The molecule has 0 saturated carbocycles. The van der Waals surface area contributed by atoms with Crippen molar-refractivity contribution in [3.8, 4) is 0 Å². The van der Waals surface area contributed by atoms with Gasteiger partial charge in [0.05, 0.1) is 5.01 Å². The minimum atomic E-state index is -0.157. The molecule has 1 amide bonds. The van der Waals surface area contributed by atoms with Gasteiger partial charge in [-0.05, 0) is 18.6 Å². The van der Waals surface area contributed by atoms with Crippen LogP contribution in [-0.4, -0.2) is 29.0 Å². The van der Waals surface area contributed by atoms with Crippen molar-refractivity contribution in [2.24, 2.45) is 0 Å². The van der Waals surface area contributed by atoms with Crippen LogP contribution in [-0.2, 0) is 6.42 Å². The quantitative estimate of drug-likeness (QED) is 0.768. The summed E-state index contributed by atoms with van der Waals surface area (Å²) in [4.78, 5) is 20.4. The summed E-state index contributed by atoms with van der Waals surface area (Å²) >= 11 is 7.53. The Morgan fingerprint density at radius 2 is 2.24 bits per heavy atom. The maximum absolute atomic E-state index is 12.1. The summed E-state index contributed by atoms with van der Waals surface area (Å²) in [5, 5.41) is 9.22. The first-order valence-electron chi connectivity index (χ1n) is 6.77. The van der Waals surface area contributed by atoms with Crippen LogP contribution in [0.25, 0.3) is 0 Å². The van der Waals surface area contributed by atoms with Crippen molar-refractivity contribution in [3.05, 3.63) is 39.4 Å². The van der Waals surface area contributed by atoms with Gasteiger partial charge in [-0.1, -0.05) is 18.5 Å². The second-order valence-corrected chi connectivity index (χ2v) is 5.79. The molecule has 2 aromatic heterocycles. The van der Waals surface area contributed by atoms with Crippen LogP contribution in [0.3, 0.4) is 0 Å². The third kappa shape index (κ3) is 4.99. The average molecular weight is 325 g/mol. The maximum Gasteiger partial charge on any atom is 0.251 e. The van der Waals surface area contributed by atoms with E-state index in [4.69, 9.17) is 11.6 Å². The van der Waals surface area contributed by atoms with E-state index in [0.29, 0.717) is 23.1 Å². The van der Waals surface area contributed by atoms with Crippen molar-refractivity contribution in [1.29, 1.82) is 0 Å². The Morgan fingerprint density at radius 3 is 2.95 bits per heavy atom. The summed E-state index contributed by atoms with van der Waals surface area (Å²) in [5.74, 6) is 0.463. The zero-order valence-electron chi connectivity index (χ0n) is 11.7. The van der Waals surface area contributed by atoms with Crippen LogP contribution in [0.15, 0.2) is 23.7 Å². The lowest BCUT2D eigenvalue weighted by atomic mass is 10.2. The molecule has 0 saturated heterocycles. The number of nitrogens with zero attached hydrogens (tertiary/aromatic N) is 2. The first-order chi connectivity index (χ1) is 10.2. The molecule has 112 valence electrons. The second kappa shape index (κ2) is 7.95.